The van der Waals surface area contributed by atoms with Gasteiger partial charge in [-0.15, -0.1) is 0 Å². The van der Waals surface area contributed by atoms with E-state index in [0.29, 0.717) is 12.1 Å². The largest absolute Gasteiger partial charge is 0.314 e. The van der Waals surface area contributed by atoms with Gasteiger partial charge in [-0.3, -0.25) is 4.90 Å². The molecule has 1 aliphatic heterocycles. The molecular formula is C18H30N2. The molecule has 20 heavy (non-hydrogen) atoms. The van der Waals surface area contributed by atoms with Crippen molar-refractivity contribution in [3.05, 3.63) is 34.4 Å². The van der Waals surface area contributed by atoms with Crippen molar-refractivity contribution in [2.24, 2.45) is 5.92 Å². The molecule has 1 fully saturated rings. The minimum absolute atomic E-state index is 0.570. The zero-order valence-corrected chi connectivity index (χ0v) is 14.0. The van der Waals surface area contributed by atoms with Gasteiger partial charge in [-0.25, -0.2) is 0 Å². The van der Waals surface area contributed by atoms with Crippen LogP contribution in [0.15, 0.2) is 12.1 Å². The van der Waals surface area contributed by atoms with E-state index in [1.54, 1.807) is 0 Å². The van der Waals surface area contributed by atoms with E-state index in [2.05, 4.69) is 64.0 Å². The predicted molar refractivity (Wildman–Crippen MR) is 87.3 cm³/mol. The van der Waals surface area contributed by atoms with Crippen LogP contribution in [0.5, 0.6) is 0 Å². The van der Waals surface area contributed by atoms with Gasteiger partial charge in [0.05, 0.1) is 0 Å². The average Bonchev–Trinajstić information content (AvgIpc) is 2.73. The van der Waals surface area contributed by atoms with Crippen molar-refractivity contribution in [1.29, 1.82) is 0 Å². The number of aryl methyl sites for hydroxylation is 3. The summed E-state index contributed by atoms with van der Waals surface area (Å²) in [5.74, 6) is 0.725. The van der Waals surface area contributed by atoms with Crippen LogP contribution in [0.1, 0.15) is 48.6 Å². The number of rotatable bonds is 4. The number of hydrogen-bond donors (Lipinski definition) is 1. The Morgan fingerprint density at radius 1 is 1.15 bits per heavy atom. The van der Waals surface area contributed by atoms with Crippen LogP contribution >= 0.6 is 0 Å². The van der Waals surface area contributed by atoms with Gasteiger partial charge in [0, 0.05) is 18.6 Å². The molecular weight excluding hydrogens is 244 g/mol. The summed E-state index contributed by atoms with van der Waals surface area (Å²) in [6.07, 6.45) is 1.30. The van der Waals surface area contributed by atoms with E-state index in [-0.39, 0.29) is 0 Å². The summed E-state index contributed by atoms with van der Waals surface area (Å²) in [4.78, 5) is 2.53. The lowest BCUT2D eigenvalue weighted by molar-refractivity contribution is 0.268. The van der Waals surface area contributed by atoms with Gasteiger partial charge in [-0.2, -0.15) is 0 Å². The molecule has 0 amide bonds. The van der Waals surface area contributed by atoms with Crippen LogP contribution < -0.4 is 5.32 Å². The Balaban J connectivity index is 2.25. The fraction of sp³-hybridized carbons (Fsp3) is 0.667. The third kappa shape index (κ3) is 3.24. The Morgan fingerprint density at radius 3 is 2.45 bits per heavy atom. The molecule has 0 aromatic heterocycles. The number of nitrogens with one attached hydrogen (secondary N) is 1. The van der Waals surface area contributed by atoms with Gasteiger partial charge in [0.15, 0.2) is 0 Å². The van der Waals surface area contributed by atoms with E-state index in [1.807, 2.05) is 0 Å². The van der Waals surface area contributed by atoms with Crippen molar-refractivity contribution < 1.29 is 0 Å². The van der Waals surface area contributed by atoms with Gasteiger partial charge in [0.1, 0.15) is 0 Å². The lowest BCUT2D eigenvalue weighted by Gasteiger charge is -2.28. The topological polar surface area (TPSA) is 15.3 Å². The lowest BCUT2D eigenvalue weighted by Crippen LogP contribution is -2.32. The van der Waals surface area contributed by atoms with Gasteiger partial charge in [0.25, 0.3) is 0 Å². The summed E-state index contributed by atoms with van der Waals surface area (Å²) >= 11 is 0. The highest BCUT2D eigenvalue weighted by molar-refractivity contribution is 5.39. The van der Waals surface area contributed by atoms with Crippen LogP contribution in [-0.4, -0.2) is 31.1 Å². The molecule has 1 heterocycles. The maximum absolute atomic E-state index is 3.63. The van der Waals surface area contributed by atoms with Gasteiger partial charge >= 0.3 is 0 Å². The molecule has 2 atom stereocenters. The summed E-state index contributed by atoms with van der Waals surface area (Å²) in [6.45, 7) is 13.5. The molecule has 1 aromatic rings. The van der Waals surface area contributed by atoms with Crippen molar-refractivity contribution in [2.45, 2.75) is 53.1 Å². The summed E-state index contributed by atoms with van der Waals surface area (Å²) < 4.78 is 0. The second kappa shape index (κ2) is 6.28. The number of nitrogens with zero attached hydrogens (tertiary/aromatic N) is 1. The highest BCUT2D eigenvalue weighted by Crippen LogP contribution is 2.38. The molecule has 2 heteroatoms. The summed E-state index contributed by atoms with van der Waals surface area (Å²) in [7, 11) is 2.27. The van der Waals surface area contributed by atoms with Gasteiger partial charge < -0.3 is 5.32 Å². The van der Waals surface area contributed by atoms with Crippen LogP contribution in [0.4, 0.5) is 0 Å². The van der Waals surface area contributed by atoms with Gasteiger partial charge in [-0.1, -0.05) is 26.0 Å². The van der Waals surface area contributed by atoms with E-state index in [4.69, 9.17) is 0 Å². The molecule has 0 saturated carbocycles. The molecule has 0 aliphatic carbocycles. The van der Waals surface area contributed by atoms with E-state index >= 15 is 0 Å². The number of hydrogen-bond acceptors (Lipinski definition) is 2. The quantitative estimate of drug-likeness (QED) is 0.902. The fourth-order valence-electron chi connectivity index (χ4n) is 3.42. The van der Waals surface area contributed by atoms with Gasteiger partial charge in [0.2, 0.25) is 0 Å². The Hall–Kier alpha value is -0.860. The highest BCUT2D eigenvalue weighted by atomic mass is 15.2. The van der Waals surface area contributed by atoms with Crippen LogP contribution in [0.2, 0.25) is 0 Å². The normalized spacial score (nSPS) is 23.8. The Bertz CT molecular complexity index is 465. The van der Waals surface area contributed by atoms with Crippen molar-refractivity contribution in [3.8, 4) is 0 Å². The molecule has 2 rings (SSSR count). The monoisotopic (exact) mass is 274 g/mol. The zero-order valence-electron chi connectivity index (χ0n) is 14.0. The molecule has 2 unspecified atom stereocenters. The SMILES string of the molecule is Cc1cc(C)c(C2C(CNC(C)C)CCN2C)cc1C. The van der Waals surface area contributed by atoms with Gasteiger partial charge in [-0.05, 0) is 69.0 Å². The zero-order chi connectivity index (χ0) is 14.9. The van der Waals surface area contributed by atoms with E-state index in [9.17, 15) is 0 Å². The van der Waals surface area contributed by atoms with Crippen molar-refractivity contribution in [3.63, 3.8) is 0 Å². The first-order valence-corrected chi connectivity index (χ1v) is 7.91. The molecule has 0 radical (unpaired) electrons. The first kappa shape index (κ1) is 15.5. The van der Waals surface area contributed by atoms with Crippen LogP contribution in [0, 0.1) is 26.7 Å². The molecule has 1 aliphatic rings. The standard InChI is InChI=1S/C18H30N2/c1-12(2)19-11-16-7-8-20(6)18(16)17-10-14(4)13(3)9-15(17)5/h9-10,12,16,18-19H,7-8,11H2,1-6H3. The van der Waals surface area contributed by atoms with Crippen LogP contribution in [-0.2, 0) is 0 Å². The highest BCUT2D eigenvalue weighted by Gasteiger charge is 2.33. The fourth-order valence-corrected chi connectivity index (χ4v) is 3.42. The lowest BCUT2D eigenvalue weighted by atomic mass is 9.88. The second-order valence-corrected chi connectivity index (χ2v) is 6.83. The Kier molecular flexibility index (Phi) is 4.87. The summed E-state index contributed by atoms with van der Waals surface area (Å²) in [5.41, 5.74) is 5.80. The number of likely N-dealkylation sites (tertiary alicyclic amines) is 1. The first-order chi connectivity index (χ1) is 9.40. The van der Waals surface area contributed by atoms with Crippen LogP contribution in [0.25, 0.3) is 0 Å². The average molecular weight is 274 g/mol. The smallest absolute Gasteiger partial charge is 0.0388 e. The molecule has 1 N–H and O–H groups in total. The minimum atomic E-state index is 0.570. The molecule has 0 spiro atoms. The van der Waals surface area contributed by atoms with Crippen molar-refractivity contribution in [2.75, 3.05) is 20.1 Å². The maximum atomic E-state index is 3.63. The van der Waals surface area contributed by atoms with E-state index in [0.717, 1.165) is 12.5 Å². The van der Waals surface area contributed by atoms with Crippen molar-refractivity contribution in [1.82, 2.24) is 10.2 Å². The maximum Gasteiger partial charge on any atom is 0.0388 e. The number of benzene rings is 1. The second-order valence-electron chi connectivity index (χ2n) is 6.83. The minimum Gasteiger partial charge on any atom is -0.314 e. The predicted octanol–water partition coefficient (Wildman–Crippen LogP) is 3.60. The molecule has 112 valence electrons. The summed E-state index contributed by atoms with van der Waals surface area (Å²) in [5, 5.41) is 3.63. The molecule has 0 bridgehead atoms. The summed E-state index contributed by atoms with van der Waals surface area (Å²) in [6, 6.07) is 5.91. The van der Waals surface area contributed by atoms with Crippen LogP contribution in [0.3, 0.4) is 0 Å². The van der Waals surface area contributed by atoms with E-state index < -0.39 is 0 Å². The Morgan fingerprint density at radius 2 is 1.80 bits per heavy atom. The third-order valence-corrected chi connectivity index (χ3v) is 4.76. The third-order valence-electron chi connectivity index (χ3n) is 4.76. The molecule has 2 nitrogen and oxygen atoms in total. The first-order valence-electron chi connectivity index (χ1n) is 7.91. The van der Waals surface area contributed by atoms with E-state index in [1.165, 1.54) is 35.2 Å². The molecule has 1 aromatic carbocycles. The Labute approximate surface area is 124 Å². The van der Waals surface area contributed by atoms with Crippen molar-refractivity contribution >= 4 is 0 Å². The molecule has 1 saturated heterocycles.